The van der Waals surface area contributed by atoms with E-state index in [0.29, 0.717) is 5.56 Å². The Hall–Kier alpha value is -2.31. The molecule has 0 radical (unpaired) electrons. The molecule has 1 aromatic heterocycles. The minimum atomic E-state index is -0.306. The fourth-order valence-corrected chi connectivity index (χ4v) is 4.99. The number of anilines is 1. The molecule has 2 heterocycles. The van der Waals surface area contributed by atoms with E-state index < -0.39 is 0 Å². The van der Waals surface area contributed by atoms with E-state index in [2.05, 4.69) is 66.6 Å². The highest BCUT2D eigenvalue weighted by Gasteiger charge is 2.27. The number of carbonyl (C=O) groups is 1. The van der Waals surface area contributed by atoms with Gasteiger partial charge in [-0.05, 0) is 51.1 Å². The maximum Gasteiger partial charge on any atom is 0.337 e. The van der Waals surface area contributed by atoms with Crippen LogP contribution < -0.4 is 26.4 Å². The largest absolute Gasteiger partial charge is 1.00 e. The van der Waals surface area contributed by atoms with Gasteiger partial charge in [-0.15, -0.1) is 0 Å². The normalized spacial score (nSPS) is 14.0. The van der Waals surface area contributed by atoms with Gasteiger partial charge < -0.3 is 26.6 Å². The fraction of sp³-hybridized carbons (Fsp3) is 0.250. The molecule has 6 heteroatoms. The van der Waals surface area contributed by atoms with Crippen molar-refractivity contribution in [2.75, 3.05) is 18.6 Å². The highest BCUT2D eigenvalue weighted by atomic mass is 79.9. The summed E-state index contributed by atoms with van der Waals surface area (Å²) in [7, 11) is 1.41. The maximum absolute atomic E-state index is 11.9. The molecule has 1 aliphatic heterocycles. The second kappa shape index (κ2) is 9.23. The van der Waals surface area contributed by atoms with Gasteiger partial charge in [0.2, 0.25) is 11.2 Å². The van der Waals surface area contributed by atoms with Crippen LogP contribution in [-0.4, -0.2) is 19.6 Å². The summed E-state index contributed by atoms with van der Waals surface area (Å²) in [5.41, 5.74) is 5.32. The van der Waals surface area contributed by atoms with E-state index in [9.17, 15) is 4.79 Å². The number of aryl methyl sites for hydroxylation is 2. The highest BCUT2D eigenvalue weighted by molar-refractivity contribution is 8.03. The molecule has 0 spiro atoms. The second-order valence-electron chi connectivity index (χ2n) is 7.07. The number of esters is 1. The van der Waals surface area contributed by atoms with Crippen molar-refractivity contribution in [1.29, 1.82) is 0 Å². The van der Waals surface area contributed by atoms with Gasteiger partial charge in [-0.25, -0.2) is 4.79 Å². The minimum absolute atomic E-state index is 0. The smallest absolute Gasteiger partial charge is 0.337 e. The van der Waals surface area contributed by atoms with Crippen LogP contribution in [0.25, 0.3) is 17.0 Å². The number of methoxy groups -OCH3 is 1. The molecule has 0 aliphatic carbocycles. The van der Waals surface area contributed by atoms with Gasteiger partial charge in [0.15, 0.2) is 0 Å². The zero-order chi connectivity index (χ0) is 20.5. The monoisotopic (exact) mass is 484 g/mol. The van der Waals surface area contributed by atoms with E-state index in [4.69, 9.17) is 4.74 Å². The first-order valence-corrected chi connectivity index (χ1v) is 10.7. The van der Waals surface area contributed by atoms with Crippen molar-refractivity contribution in [2.24, 2.45) is 0 Å². The van der Waals surface area contributed by atoms with Crippen LogP contribution in [0.5, 0.6) is 0 Å². The summed E-state index contributed by atoms with van der Waals surface area (Å²) in [5, 5.41) is 2.42. The lowest BCUT2D eigenvalue weighted by Gasteiger charge is -2.18. The third kappa shape index (κ3) is 3.98. The Morgan fingerprint density at radius 3 is 2.63 bits per heavy atom. The highest BCUT2D eigenvalue weighted by Crippen LogP contribution is 2.46. The quantitative estimate of drug-likeness (QED) is 0.419. The third-order valence-electron chi connectivity index (χ3n) is 5.27. The van der Waals surface area contributed by atoms with E-state index in [0.717, 1.165) is 28.7 Å². The molecule has 0 bridgehead atoms. The van der Waals surface area contributed by atoms with Gasteiger partial charge in [0, 0.05) is 35.0 Å². The van der Waals surface area contributed by atoms with Crippen LogP contribution in [0.3, 0.4) is 0 Å². The summed E-state index contributed by atoms with van der Waals surface area (Å²) in [6.45, 7) is 8.16. The first kappa shape index (κ1) is 22.4. The van der Waals surface area contributed by atoms with Gasteiger partial charge in [0.05, 0.1) is 23.4 Å². The van der Waals surface area contributed by atoms with Gasteiger partial charge in [-0.3, -0.25) is 0 Å². The van der Waals surface area contributed by atoms with Gasteiger partial charge in [-0.2, -0.15) is 4.57 Å². The number of benzene rings is 2. The number of pyridine rings is 1. The average Bonchev–Trinajstić information content (AvgIpc) is 3.09. The number of ether oxygens (including phenoxy) is 1. The number of rotatable bonds is 4. The second-order valence-corrected chi connectivity index (χ2v) is 8.13. The summed E-state index contributed by atoms with van der Waals surface area (Å²) < 4.78 is 7.23. The number of carbonyl (C=O) groups excluding carboxylic acids is 1. The summed E-state index contributed by atoms with van der Waals surface area (Å²) in [6.07, 6.45) is 2.24. The predicted molar refractivity (Wildman–Crippen MR) is 119 cm³/mol. The summed E-state index contributed by atoms with van der Waals surface area (Å²) in [5.74, 6) is -0.306. The molecule has 0 N–H and O–H groups in total. The van der Waals surface area contributed by atoms with Gasteiger partial charge in [0.25, 0.3) is 0 Å². The zero-order valence-electron chi connectivity index (χ0n) is 17.6. The molecule has 30 heavy (non-hydrogen) atoms. The molecule has 2 aromatic carbocycles. The molecule has 4 nitrogen and oxygen atoms in total. The number of aromatic nitrogens is 1. The molecule has 0 fully saturated rings. The van der Waals surface area contributed by atoms with Crippen molar-refractivity contribution >= 4 is 40.4 Å². The molecular weight excluding hydrogens is 460 g/mol. The van der Waals surface area contributed by atoms with Crippen molar-refractivity contribution < 1.29 is 31.1 Å². The van der Waals surface area contributed by atoms with Crippen molar-refractivity contribution in [1.82, 2.24) is 0 Å². The van der Waals surface area contributed by atoms with Crippen LogP contribution in [0, 0.1) is 6.92 Å². The van der Waals surface area contributed by atoms with Crippen LogP contribution >= 0.6 is 11.8 Å². The number of halogens is 1. The standard InChI is InChI=1S/C24H25N2O2S.BrH/c1-5-25-19(10-8-17-13-16(3)7-11-20(17)25)15-23-26(6-2)21-14-18(24(27)28-4)9-12-22(21)29-23;/h7-15H,5-6H2,1-4H3;1H/q+1;/p-1. The molecule has 0 amide bonds. The number of fused-ring (bicyclic) bond motifs is 2. The Bertz CT molecular complexity index is 1140. The lowest BCUT2D eigenvalue weighted by molar-refractivity contribution is -0.669. The van der Waals surface area contributed by atoms with E-state index >= 15 is 0 Å². The van der Waals surface area contributed by atoms with E-state index in [1.807, 2.05) is 18.2 Å². The van der Waals surface area contributed by atoms with Crippen LogP contribution in [0.2, 0.25) is 0 Å². The molecule has 3 aromatic rings. The number of hydrogen-bond acceptors (Lipinski definition) is 4. The molecule has 0 atom stereocenters. The first-order chi connectivity index (χ1) is 14.0. The first-order valence-electron chi connectivity index (χ1n) is 9.88. The summed E-state index contributed by atoms with van der Waals surface area (Å²) in [4.78, 5) is 15.4. The Kier molecular flexibility index (Phi) is 6.88. The zero-order valence-corrected chi connectivity index (χ0v) is 20.0. The van der Waals surface area contributed by atoms with Crippen molar-refractivity contribution in [2.45, 2.75) is 32.2 Å². The summed E-state index contributed by atoms with van der Waals surface area (Å²) >= 11 is 1.74. The SMILES string of the molecule is CCN1C(=Cc2ccc3cc(C)ccc3[n+]2CC)Sc2ccc(C(=O)OC)cc21.[Br-]. The Morgan fingerprint density at radius 1 is 1.13 bits per heavy atom. The van der Waals surface area contributed by atoms with Crippen LogP contribution in [0.4, 0.5) is 5.69 Å². The van der Waals surface area contributed by atoms with Crippen molar-refractivity contribution in [3.63, 3.8) is 0 Å². The molecule has 0 unspecified atom stereocenters. The van der Waals surface area contributed by atoms with Gasteiger partial charge in [-0.1, -0.05) is 23.4 Å². The molecule has 0 saturated carbocycles. The minimum Gasteiger partial charge on any atom is -1.00 e. The Balaban J connectivity index is 0.00000256. The molecule has 0 saturated heterocycles. The van der Waals surface area contributed by atoms with Gasteiger partial charge >= 0.3 is 5.97 Å². The topological polar surface area (TPSA) is 33.4 Å². The third-order valence-corrected chi connectivity index (χ3v) is 6.39. The van der Waals surface area contributed by atoms with Crippen LogP contribution in [0.15, 0.2) is 58.5 Å². The Labute approximate surface area is 192 Å². The predicted octanol–water partition coefficient (Wildman–Crippen LogP) is 2.18. The number of nitrogens with zero attached hydrogens (tertiary/aromatic N) is 2. The van der Waals surface area contributed by atoms with Gasteiger partial charge in [0.1, 0.15) is 6.54 Å². The lowest BCUT2D eigenvalue weighted by Crippen LogP contribution is -3.00. The fourth-order valence-electron chi connectivity index (χ4n) is 3.84. The van der Waals surface area contributed by atoms with Crippen molar-refractivity contribution in [3.8, 4) is 0 Å². The summed E-state index contributed by atoms with van der Waals surface area (Å²) in [6, 6.07) is 16.7. The van der Waals surface area contributed by atoms with E-state index in [-0.39, 0.29) is 23.0 Å². The van der Waals surface area contributed by atoms with E-state index in [1.54, 1.807) is 11.8 Å². The average molecular weight is 485 g/mol. The number of thioether (sulfide) groups is 1. The molecular formula is C24H25BrN2O2S. The molecule has 4 rings (SSSR count). The van der Waals surface area contributed by atoms with Crippen molar-refractivity contribution in [3.05, 3.63) is 70.4 Å². The Morgan fingerprint density at radius 2 is 1.93 bits per heavy atom. The van der Waals surface area contributed by atoms with Crippen LogP contribution in [0.1, 0.15) is 35.5 Å². The number of hydrogen-bond donors (Lipinski definition) is 0. The maximum atomic E-state index is 11.9. The van der Waals surface area contributed by atoms with Crippen LogP contribution in [-0.2, 0) is 11.3 Å². The molecule has 1 aliphatic rings. The lowest BCUT2D eigenvalue weighted by atomic mass is 10.1. The molecule has 156 valence electrons. The van der Waals surface area contributed by atoms with E-state index in [1.165, 1.54) is 29.3 Å².